The Labute approximate surface area is 204 Å². The third-order valence-electron chi connectivity index (χ3n) is 6.25. The number of cyclic esters (lactones) is 1. The van der Waals surface area contributed by atoms with Gasteiger partial charge in [-0.3, -0.25) is 9.59 Å². The van der Waals surface area contributed by atoms with Crippen LogP contribution in [0.15, 0.2) is 65.1 Å². The lowest BCUT2D eigenvalue weighted by molar-refractivity contribution is -0.131. The molecule has 2 heterocycles. The summed E-state index contributed by atoms with van der Waals surface area (Å²) in [6.07, 6.45) is 1.11. The summed E-state index contributed by atoms with van der Waals surface area (Å²) < 4.78 is 11.1. The summed E-state index contributed by atoms with van der Waals surface area (Å²) in [7, 11) is 0. The van der Waals surface area contributed by atoms with Gasteiger partial charge in [-0.25, -0.2) is 9.69 Å². The van der Waals surface area contributed by atoms with E-state index < -0.39 is 29.7 Å². The van der Waals surface area contributed by atoms with Gasteiger partial charge in [-0.15, -0.1) is 0 Å². The van der Waals surface area contributed by atoms with E-state index in [4.69, 9.17) is 14.3 Å². The first-order chi connectivity index (χ1) is 16.9. The molecule has 7 heteroatoms. The second kappa shape index (κ2) is 10.7. The number of imide groups is 1. The molecule has 0 unspecified atom stereocenters. The van der Waals surface area contributed by atoms with Gasteiger partial charge >= 0.3 is 6.09 Å². The lowest BCUT2D eigenvalue weighted by Gasteiger charge is -2.22. The molecule has 0 bridgehead atoms. The minimum atomic E-state index is -1.13. The molecule has 1 aromatic heterocycles. The summed E-state index contributed by atoms with van der Waals surface area (Å²) in [6.45, 7) is 3.59. The van der Waals surface area contributed by atoms with Crippen LogP contribution in [0.4, 0.5) is 4.79 Å². The Hall–Kier alpha value is -3.71. The van der Waals surface area contributed by atoms with Gasteiger partial charge in [-0.1, -0.05) is 60.2 Å². The van der Waals surface area contributed by atoms with Crippen LogP contribution in [0.5, 0.6) is 0 Å². The van der Waals surface area contributed by atoms with Crippen LogP contribution in [0.25, 0.3) is 11.1 Å². The number of Topliss-reactive ketones (excluding diaryl/α,β-unsaturated/α-hetero) is 1. The number of amides is 2. The Morgan fingerprint density at radius 3 is 2.57 bits per heavy atom. The van der Waals surface area contributed by atoms with Crippen molar-refractivity contribution in [3.05, 3.63) is 83.3 Å². The topological polar surface area (TPSA) is 97.1 Å². The average molecular weight is 476 g/mol. The summed E-state index contributed by atoms with van der Waals surface area (Å²) in [6, 6.07) is 18.1. The molecule has 2 atom stereocenters. The number of ether oxygens (including phenoxy) is 1. The van der Waals surface area contributed by atoms with Crippen LogP contribution in [0.1, 0.15) is 53.2 Å². The monoisotopic (exact) mass is 475 g/mol. The van der Waals surface area contributed by atoms with Crippen molar-refractivity contribution in [2.45, 2.75) is 39.2 Å². The molecule has 3 aromatic rings. The van der Waals surface area contributed by atoms with Gasteiger partial charge in [0, 0.05) is 18.6 Å². The molecule has 0 spiro atoms. The maximum absolute atomic E-state index is 13.4. The molecule has 1 aliphatic heterocycles. The van der Waals surface area contributed by atoms with E-state index in [0.29, 0.717) is 25.0 Å². The largest absolute Gasteiger partial charge is 0.457 e. The van der Waals surface area contributed by atoms with Crippen molar-refractivity contribution < 1.29 is 28.6 Å². The summed E-state index contributed by atoms with van der Waals surface area (Å²) in [4.78, 5) is 40.1. The second-order valence-corrected chi connectivity index (χ2v) is 8.80. The first-order valence-electron chi connectivity index (χ1n) is 11.8. The van der Waals surface area contributed by atoms with E-state index in [1.807, 2.05) is 61.5 Å². The first-order valence-corrected chi connectivity index (χ1v) is 11.8. The summed E-state index contributed by atoms with van der Waals surface area (Å²) in [5.41, 5.74) is 3.54. The Balaban J connectivity index is 1.61. The molecule has 0 aliphatic carbocycles. The standard InChI is InChI=1S/C28H29NO6/c1-18-9-8-12-21(15-18)22-16-25(35-24(22)13-6-7-14-30)26(31)19(2)27(32)29-23(17-34-28(29)33)20-10-4-3-5-11-20/h3-5,8-12,15-16,19,23,30H,6-7,13-14,17H2,1-2H3/t19-,23+/m1/s1. The fraction of sp³-hybridized carbons (Fsp3) is 0.321. The van der Waals surface area contributed by atoms with Crippen LogP contribution in [0, 0.1) is 12.8 Å². The highest BCUT2D eigenvalue weighted by molar-refractivity contribution is 6.12. The van der Waals surface area contributed by atoms with Gasteiger partial charge in [0.2, 0.25) is 11.7 Å². The number of hydrogen-bond acceptors (Lipinski definition) is 6. The molecule has 1 saturated heterocycles. The number of unbranched alkanes of at least 4 members (excludes halogenated alkanes) is 1. The van der Waals surface area contributed by atoms with Crippen LogP contribution < -0.4 is 0 Å². The Morgan fingerprint density at radius 1 is 1.09 bits per heavy atom. The van der Waals surface area contributed by atoms with Crippen molar-refractivity contribution in [2.75, 3.05) is 13.2 Å². The lowest BCUT2D eigenvalue weighted by Crippen LogP contribution is -2.40. The third kappa shape index (κ3) is 5.20. The molecule has 1 aliphatic rings. The number of hydrogen-bond donors (Lipinski definition) is 1. The van der Waals surface area contributed by atoms with E-state index in [-0.39, 0.29) is 19.0 Å². The molecule has 182 valence electrons. The molecule has 0 saturated carbocycles. The second-order valence-electron chi connectivity index (χ2n) is 8.80. The highest BCUT2D eigenvalue weighted by atomic mass is 16.6. The zero-order chi connectivity index (χ0) is 24.9. The summed E-state index contributed by atoms with van der Waals surface area (Å²) in [5.74, 6) is -1.54. The molecular weight excluding hydrogens is 446 g/mol. The highest BCUT2D eigenvalue weighted by Gasteiger charge is 2.42. The highest BCUT2D eigenvalue weighted by Crippen LogP contribution is 2.33. The SMILES string of the molecule is Cc1cccc(-c2cc(C(=O)[C@@H](C)C(=O)N3C(=O)OC[C@H]3c3ccccc3)oc2CCCCO)c1. The maximum atomic E-state index is 13.4. The molecule has 1 fully saturated rings. The van der Waals surface area contributed by atoms with E-state index in [1.165, 1.54) is 6.92 Å². The minimum Gasteiger partial charge on any atom is -0.457 e. The molecule has 7 nitrogen and oxygen atoms in total. The Bertz CT molecular complexity index is 1220. The molecule has 1 N–H and O–H groups in total. The number of benzene rings is 2. The van der Waals surface area contributed by atoms with Crippen molar-refractivity contribution in [1.82, 2.24) is 4.90 Å². The Morgan fingerprint density at radius 2 is 1.86 bits per heavy atom. The van der Waals surface area contributed by atoms with Crippen molar-refractivity contribution in [3.63, 3.8) is 0 Å². The van der Waals surface area contributed by atoms with E-state index >= 15 is 0 Å². The van der Waals surface area contributed by atoms with E-state index in [1.54, 1.807) is 6.07 Å². The van der Waals surface area contributed by atoms with Gasteiger partial charge in [0.15, 0.2) is 5.76 Å². The number of aliphatic hydroxyl groups excluding tert-OH is 1. The lowest BCUT2D eigenvalue weighted by atomic mass is 9.98. The number of nitrogens with zero attached hydrogens (tertiary/aromatic N) is 1. The van der Waals surface area contributed by atoms with Gasteiger partial charge in [0.05, 0.1) is 0 Å². The van der Waals surface area contributed by atoms with Crippen molar-refractivity contribution in [3.8, 4) is 11.1 Å². The van der Waals surface area contributed by atoms with E-state index in [0.717, 1.165) is 27.2 Å². The van der Waals surface area contributed by atoms with Crippen LogP contribution in [-0.4, -0.2) is 41.0 Å². The molecule has 35 heavy (non-hydrogen) atoms. The molecule has 2 amide bonds. The predicted molar refractivity (Wildman–Crippen MR) is 130 cm³/mol. The average Bonchev–Trinajstić information content (AvgIpc) is 3.47. The number of furan rings is 1. The number of ketones is 1. The maximum Gasteiger partial charge on any atom is 0.417 e. The fourth-order valence-electron chi connectivity index (χ4n) is 4.31. The third-order valence-corrected chi connectivity index (χ3v) is 6.25. The zero-order valence-electron chi connectivity index (χ0n) is 19.9. The van der Waals surface area contributed by atoms with Gasteiger partial charge in [0.25, 0.3) is 0 Å². The Kier molecular flexibility index (Phi) is 7.46. The fourth-order valence-corrected chi connectivity index (χ4v) is 4.31. The van der Waals surface area contributed by atoms with Crippen molar-refractivity contribution in [1.29, 1.82) is 0 Å². The molecule has 4 rings (SSSR count). The first kappa shape index (κ1) is 24.4. The van der Waals surface area contributed by atoms with E-state index in [9.17, 15) is 14.4 Å². The van der Waals surface area contributed by atoms with Gasteiger partial charge in [-0.05, 0) is 43.9 Å². The number of rotatable bonds is 9. The van der Waals surface area contributed by atoms with Gasteiger partial charge in [-0.2, -0.15) is 0 Å². The smallest absolute Gasteiger partial charge is 0.417 e. The number of aryl methyl sites for hydroxylation is 2. The van der Waals surface area contributed by atoms with E-state index in [2.05, 4.69) is 0 Å². The molecular formula is C28H29NO6. The summed E-state index contributed by atoms with van der Waals surface area (Å²) >= 11 is 0. The predicted octanol–water partition coefficient (Wildman–Crippen LogP) is 5.11. The number of carbonyl (C=O) groups excluding carboxylic acids is 3. The van der Waals surface area contributed by atoms with Gasteiger partial charge in [0.1, 0.15) is 24.3 Å². The van der Waals surface area contributed by atoms with Crippen molar-refractivity contribution in [2.24, 2.45) is 5.92 Å². The molecule has 2 aromatic carbocycles. The number of carbonyl (C=O) groups is 3. The van der Waals surface area contributed by atoms with Crippen LogP contribution >= 0.6 is 0 Å². The summed E-state index contributed by atoms with van der Waals surface area (Å²) in [5, 5.41) is 9.16. The van der Waals surface area contributed by atoms with Crippen LogP contribution in [0.2, 0.25) is 0 Å². The number of aliphatic hydroxyl groups is 1. The quantitative estimate of drug-likeness (QED) is 0.262. The zero-order valence-corrected chi connectivity index (χ0v) is 19.9. The minimum absolute atomic E-state index is 0.0444. The molecule has 0 radical (unpaired) electrons. The van der Waals surface area contributed by atoms with Crippen molar-refractivity contribution >= 4 is 17.8 Å². The van der Waals surface area contributed by atoms with Crippen LogP contribution in [-0.2, 0) is 16.0 Å². The van der Waals surface area contributed by atoms with Gasteiger partial charge < -0.3 is 14.3 Å². The normalized spacial score (nSPS) is 16.3. The van der Waals surface area contributed by atoms with Crippen LogP contribution in [0.3, 0.4) is 0 Å².